The molecule has 0 saturated carbocycles. The maximum Gasteiger partial charge on any atom is 0.491 e. The number of halogens is 5. The van der Waals surface area contributed by atoms with E-state index < -0.39 is 35.9 Å². The molecular weight excluding hydrogens is 983 g/mol. The Bertz CT molecular complexity index is 3650. The van der Waals surface area contributed by atoms with Crippen LogP contribution >= 0.6 is 15.9 Å². The Hall–Kier alpha value is -7.92. The van der Waals surface area contributed by atoms with Crippen LogP contribution in [-0.2, 0) is 12.8 Å². The van der Waals surface area contributed by atoms with Crippen LogP contribution in [0.25, 0.3) is 55.7 Å². The van der Waals surface area contributed by atoms with Gasteiger partial charge < -0.3 is 19.8 Å². The molecule has 356 valence electrons. The molecule has 0 bridgehead atoms. The molecule has 2 N–H and O–H groups in total. The number of nitrogens with zero attached hydrogens (tertiary/aromatic N) is 8. The van der Waals surface area contributed by atoms with Crippen LogP contribution in [0.15, 0.2) is 163 Å². The second-order valence-corrected chi connectivity index (χ2v) is 18.2. The van der Waals surface area contributed by atoms with Crippen LogP contribution in [0.3, 0.4) is 0 Å². The molecule has 0 unspecified atom stereocenters. The lowest BCUT2D eigenvalue weighted by molar-refractivity contribution is 0.420. The van der Waals surface area contributed by atoms with Crippen molar-refractivity contribution in [2.75, 3.05) is 22.9 Å². The fraction of sp³-hybridized carbons (Fsp3) is 0.107. The lowest BCUT2D eigenvalue weighted by atomic mass is 9.80. The van der Waals surface area contributed by atoms with Gasteiger partial charge in [-0.25, -0.2) is 37.5 Å². The van der Waals surface area contributed by atoms with Gasteiger partial charge in [0.15, 0.2) is 34.9 Å². The second kappa shape index (κ2) is 20.4. The van der Waals surface area contributed by atoms with Gasteiger partial charge >= 0.3 is 7.12 Å². The molecule has 0 spiro atoms. The topological polar surface area (TPSA) is 124 Å². The van der Waals surface area contributed by atoms with Crippen molar-refractivity contribution in [1.82, 2.24) is 29.9 Å². The Kier molecular flexibility index (Phi) is 13.6. The first-order valence-corrected chi connectivity index (χ1v) is 23.8. The predicted octanol–water partition coefficient (Wildman–Crippen LogP) is 11.7. The van der Waals surface area contributed by atoms with E-state index in [9.17, 15) is 17.6 Å². The minimum absolute atomic E-state index is 0.267. The quantitative estimate of drug-likeness (QED) is 0.123. The summed E-state index contributed by atoms with van der Waals surface area (Å²) in [6, 6.07) is 39.9. The van der Waals surface area contributed by atoms with E-state index in [1.54, 1.807) is 24.7 Å². The van der Waals surface area contributed by atoms with Gasteiger partial charge in [-0.3, -0.25) is 9.97 Å². The highest BCUT2D eigenvalue weighted by atomic mass is 79.9. The molecule has 12 rings (SSSR count). The largest absolute Gasteiger partial charge is 0.491 e. The van der Waals surface area contributed by atoms with Crippen LogP contribution in [0.4, 0.5) is 40.6 Å². The van der Waals surface area contributed by atoms with E-state index in [2.05, 4.69) is 92.0 Å². The molecule has 4 aromatic heterocycles. The molecule has 0 aliphatic carbocycles. The van der Waals surface area contributed by atoms with Gasteiger partial charge in [-0.05, 0) is 134 Å². The lowest BCUT2D eigenvalue weighted by Gasteiger charge is -2.21. The van der Waals surface area contributed by atoms with E-state index >= 15 is 0 Å². The minimum atomic E-state index is -1.97. The Labute approximate surface area is 420 Å². The summed E-state index contributed by atoms with van der Waals surface area (Å²) in [5, 5.41) is 19.0. The molecule has 10 aromatic rings. The number of pyridine rings is 2. The third kappa shape index (κ3) is 9.76. The predicted molar refractivity (Wildman–Crippen MR) is 279 cm³/mol. The first-order chi connectivity index (χ1) is 34.9. The monoisotopic (exact) mass is 1020 g/mol. The number of hydrogen-bond acceptors (Lipinski definition) is 10. The normalized spacial score (nSPS) is 12.5. The summed E-state index contributed by atoms with van der Waals surface area (Å²) < 4.78 is 54.2. The van der Waals surface area contributed by atoms with E-state index in [0.29, 0.717) is 17.2 Å². The van der Waals surface area contributed by atoms with Gasteiger partial charge in [0.1, 0.15) is 11.6 Å². The Morgan fingerprint density at radius 3 is 1.58 bits per heavy atom. The summed E-state index contributed by atoms with van der Waals surface area (Å²) in [5.41, 5.74) is 11.0. The first-order valence-electron chi connectivity index (χ1n) is 23.0. The summed E-state index contributed by atoms with van der Waals surface area (Å²) in [5.74, 6) is -0.856. The minimum Gasteiger partial charge on any atom is -0.423 e. The van der Waals surface area contributed by atoms with Crippen molar-refractivity contribution in [1.29, 1.82) is 0 Å². The van der Waals surface area contributed by atoms with E-state index in [1.165, 1.54) is 28.9 Å². The van der Waals surface area contributed by atoms with Crippen LogP contribution in [0.1, 0.15) is 22.3 Å². The molecule has 16 heteroatoms. The van der Waals surface area contributed by atoms with Crippen molar-refractivity contribution in [3.05, 3.63) is 208 Å². The molecule has 2 aliphatic heterocycles. The van der Waals surface area contributed by atoms with Gasteiger partial charge in [0.05, 0.1) is 11.0 Å². The molecule has 0 radical (unpaired) electrons. The molecule has 6 aromatic carbocycles. The number of hydrogen-bond donors (Lipinski definition) is 2. The van der Waals surface area contributed by atoms with Gasteiger partial charge in [0, 0.05) is 86.6 Å². The van der Waals surface area contributed by atoms with Crippen LogP contribution < -0.4 is 15.3 Å². The molecule has 0 saturated heterocycles. The summed E-state index contributed by atoms with van der Waals surface area (Å²) in [6.45, 7) is 5.80. The lowest BCUT2D eigenvalue weighted by Crippen LogP contribution is -2.33. The Morgan fingerprint density at radius 2 is 1.06 bits per heavy atom. The Balaban J connectivity index is 0.000000140. The molecule has 6 heterocycles. The van der Waals surface area contributed by atoms with E-state index in [-0.39, 0.29) is 5.56 Å². The number of benzene rings is 6. The number of aryl methyl sites for hydroxylation is 2. The molecule has 0 fully saturated rings. The fourth-order valence-electron chi connectivity index (χ4n) is 8.94. The van der Waals surface area contributed by atoms with Crippen molar-refractivity contribution in [2.45, 2.75) is 26.7 Å². The maximum atomic E-state index is 14.4. The van der Waals surface area contributed by atoms with Crippen molar-refractivity contribution in [2.24, 2.45) is 0 Å². The number of fused-ring (bicyclic) bond motifs is 4. The van der Waals surface area contributed by atoms with Gasteiger partial charge in [-0.15, -0.1) is 0 Å². The molecule has 0 amide bonds. The van der Waals surface area contributed by atoms with Crippen molar-refractivity contribution < 1.29 is 27.6 Å². The van der Waals surface area contributed by atoms with E-state index in [1.807, 2.05) is 60.8 Å². The van der Waals surface area contributed by atoms with Gasteiger partial charge in [-0.1, -0.05) is 69.5 Å². The fourth-order valence-corrected chi connectivity index (χ4v) is 9.35. The van der Waals surface area contributed by atoms with Crippen LogP contribution in [0.2, 0.25) is 0 Å². The zero-order valence-electron chi connectivity index (χ0n) is 38.8. The first kappa shape index (κ1) is 47.7. The van der Waals surface area contributed by atoms with Gasteiger partial charge in [-0.2, -0.15) is 0 Å². The van der Waals surface area contributed by atoms with Gasteiger partial charge in [0.2, 0.25) is 0 Å². The molecule has 2 aliphatic rings. The number of anilines is 4. The smallest absolute Gasteiger partial charge is 0.423 e. The number of rotatable bonds is 6. The summed E-state index contributed by atoms with van der Waals surface area (Å²) in [4.78, 5) is 32.5. The second-order valence-electron chi connectivity index (χ2n) is 17.3. The van der Waals surface area contributed by atoms with Crippen LogP contribution in [-0.4, -0.2) is 60.2 Å². The van der Waals surface area contributed by atoms with Crippen molar-refractivity contribution in [3.63, 3.8) is 0 Å². The van der Waals surface area contributed by atoms with E-state index in [0.717, 1.165) is 110 Å². The zero-order valence-corrected chi connectivity index (χ0v) is 40.4. The van der Waals surface area contributed by atoms with Crippen LogP contribution in [0.5, 0.6) is 0 Å². The highest BCUT2D eigenvalue weighted by Crippen LogP contribution is 2.41. The van der Waals surface area contributed by atoms with E-state index in [4.69, 9.17) is 30.0 Å². The maximum absolute atomic E-state index is 14.4. The third-order valence-corrected chi connectivity index (χ3v) is 12.9. The molecular formula is C56H42BBrF4N8O2. The average Bonchev–Trinajstić information content (AvgIpc) is 4.02. The molecule has 72 heavy (non-hydrogen) atoms. The highest BCUT2D eigenvalue weighted by Gasteiger charge is 2.27. The highest BCUT2D eigenvalue weighted by molar-refractivity contribution is 9.10. The van der Waals surface area contributed by atoms with Crippen molar-refractivity contribution >= 4 is 73.3 Å². The van der Waals surface area contributed by atoms with Crippen LogP contribution in [0, 0.1) is 37.1 Å². The summed E-state index contributed by atoms with van der Waals surface area (Å²) in [6.07, 6.45) is 8.85. The standard InChI is InChI=1S/C28H20F2N4.C22H17BrN4.C6H5BF2O2/c1-17-7-9-24-22(14-17)28(33-27(32-24)20-4-3-12-31-16-20)34-13-11-19-15-18(8-10-25(19)34)21-5-2-6-23(29)26(21)30;1-14-4-6-19-18(11-14)22(26-21(25-19)16-3-2-9-24-13-16)27-10-8-15-12-17(23)5-7-20(15)27;8-5-3-1-2-4(6(5)9)7(10)11/h2-10,12,14-16H,11,13H2,1H3;2-7,9,11-13H,8,10H2,1H3;1-3,10-11H. The van der Waals surface area contributed by atoms with Crippen molar-refractivity contribution in [3.8, 4) is 33.9 Å². The molecule has 10 nitrogen and oxygen atoms in total. The summed E-state index contributed by atoms with van der Waals surface area (Å²) >= 11 is 3.58. The van der Waals surface area contributed by atoms with Gasteiger partial charge in [0.25, 0.3) is 0 Å². The number of aromatic nitrogens is 6. The summed E-state index contributed by atoms with van der Waals surface area (Å²) in [7, 11) is -1.97. The third-order valence-electron chi connectivity index (χ3n) is 12.4. The average molecular weight is 1030 g/mol. The SMILES string of the molecule is Cc1ccc2nc(-c3cccnc3)nc(N3CCc4cc(-c5cccc(F)c5F)ccc43)c2c1.Cc1ccc2nc(-c3cccnc3)nc(N3CCc4cc(Br)ccc43)c2c1.OB(O)c1cccc(F)c1F. The molecule has 0 atom stereocenters. The zero-order chi connectivity index (χ0) is 50.0. The Morgan fingerprint density at radius 1 is 0.528 bits per heavy atom.